The Labute approximate surface area is 115 Å². The normalized spacial score (nSPS) is 31.3. The average molecular weight is 288 g/mol. The number of sulfone groups is 1. The van der Waals surface area contributed by atoms with Crippen LogP contribution in [0.25, 0.3) is 0 Å². The molecule has 0 aromatic heterocycles. The molecule has 2 atom stereocenters. The lowest BCUT2D eigenvalue weighted by molar-refractivity contribution is -0.134. The number of amides is 1. The lowest BCUT2D eigenvalue weighted by atomic mass is 9.97. The molecule has 0 aliphatic carbocycles. The molecule has 110 valence electrons. The maximum atomic E-state index is 12.2. The number of piperidine rings is 1. The second kappa shape index (κ2) is 5.79. The summed E-state index contributed by atoms with van der Waals surface area (Å²) in [6, 6.07) is 0. The molecule has 2 aliphatic heterocycles. The Morgan fingerprint density at radius 3 is 2.68 bits per heavy atom. The van der Waals surface area contributed by atoms with Crippen molar-refractivity contribution in [1.29, 1.82) is 0 Å². The first-order chi connectivity index (χ1) is 8.87. The van der Waals surface area contributed by atoms with Gasteiger partial charge < -0.3 is 9.80 Å². The van der Waals surface area contributed by atoms with Gasteiger partial charge in [0.2, 0.25) is 5.91 Å². The molecule has 0 aromatic carbocycles. The smallest absolute Gasteiger partial charge is 0.226 e. The maximum absolute atomic E-state index is 12.2. The first-order valence-corrected chi connectivity index (χ1v) is 8.83. The monoisotopic (exact) mass is 288 g/mol. The van der Waals surface area contributed by atoms with Crippen LogP contribution in [-0.4, -0.2) is 69.4 Å². The number of hydrogen-bond donors (Lipinski definition) is 0. The third-order valence-electron chi connectivity index (χ3n) is 4.21. The predicted molar refractivity (Wildman–Crippen MR) is 74.6 cm³/mol. The summed E-state index contributed by atoms with van der Waals surface area (Å²) in [7, 11) is 0.944. The van der Waals surface area contributed by atoms with Crippen LogP contribution in [0.2, 0.25) is 0 Å². The molecule has 0 N–H and O–H groups in total. The van der Waals surface area contributed by atoms with Crippen molar-refractivity contribution in [2.45, 2.75) is 19.3 Å². The van der Waals surface area contributed by atoms with Crippen LogP contribution in [0.5, 0.6) is 0 Å². The highest BCUT2D eigenvalue weighted by Gasteiger charge is 2.35. The summed E-state index contributed by atoms with van der Waals surface area (Å²) in [4.78, 5) is 16.3. The predicted octanol–water partition coefficient (Wildman–Crippen LogP) is 0.221. The molecule has 2 rings (SSSR count). The van der Waals surface area contributed by atoms with E-state index in [1.165, 1.54) is 6.42 Å². The highest BCUT2D eigenvalue weighted by molar-refractivity contribution is 7.91. The van der Waals surface area contributed by atoms with Gasteiger partial charge in [0.1, 0.15) is 0 Å². The SMILES string of the molecule is CN1CCCC(CN(C)C(=O)C2CCS(=O)(=O)C2)C1. The van der Waals surface area contributed by atoms with Gasteiger partial charge in [0, 0.05) is 20.1 Å². The van der Waals surface area contributed by atoms with E-state index < -0.39 is 9.84 Å². The van der Waals surface area contributed by atoms with Crippen molar-refractivity contribution < 1.29 is 13.2 Å². The van der Waals surface area contributed by atoms with Gasteiger partial charge in [0.25, 0.3) is 0 Å². The van der Waals surface area contributed by atoms with Crippen LogP contribution in [0.4, 0.5) is 0 Å². The number of nitrogens with zero attached hydrogens (tertiary/aromatic N) is 2. The van der Waals surface area contributed by atoms with Crippen molar-refractivity contribution in [2.75, 3.05) is 45.2 Å². The zero-order chi connectivity index (χ0) is 14.0. The van der Waals surface area contributed by atoms with E-state index in [9.17, 15) is 13.2 Å². The van der Waals surface area contributed by atoms with E-state index in [4.69, 9.17) is 0 Å². The zero-order valence-electron chi connectivity index (χ0n) is 11.8. The molecule has 6 heteroatoms. The Hall–Kier alpha value is -0.620. The van der Waals surface area contributed by atoms with Crippen molar-refractivity contribution in [3.05, 3.63) is 0 Å². The van der Waals surface area contributed by atoms with Crippen molar-refractivity contribution in [3.8, 4) is 0 Å². The van der Waals surface area contributed by atoms with Crippen molar-refractivity contribution in [2.24, 2.45) is 11.8 Å². The van der Waals surface area contributed by atoms with E-state index >= 15 is 0 Å². The molecule has 0 bridgehead atoms. The number of rotatable bonds is 3. The molecular weight excluding hydrogens is 264 g/mol. The third kappa shape index (κ3) is 3.92. The molecule has 1 amide bonds. The van der Waals surface area contributed by atoms with Crippen molar-refractivity contribution in [3.63, 3.8) is 0 Å². The average Bonchev–Trinajstić information content (AvgIpc) is 2.68. The molecule has 0 radical (unpaired) electrons. The summed E-state index contributed by atoms with van der Waals surface area (Å²) in [6.07, 6.45) is 2.84. The number of likely N-dealkylation sites (tertiary alicyclic amines) is 1. The van der Waals surface area contributed by atoms with Crippen LogP contribution in [0, 0.1) is 11.8 Å². The molecule has 5 nitrogen and oxygen atoms in total. The largest absolute Gasteiger partial charge is 0.345 e. The van der Waals surface area contributed by atoms with Crippen LogP contribution in [0.15, 0.2) is 0 Å². The Balaban J connectivity index is 1.86. The molecule has 0 saturated carbocycles. The topological polar surface area (TPSA) is 57.7 Å². The minimum Gasteiger partial charge on any atom is -0.345 e. The van der Waals surface area contributed by atoms with E-state index in [1.54, 1.807) is 4.90 Å². The van der Waals surface area contributed by atoms with Gasteiger partial charge in [-0.15, -0.1) is 0 Å². The van der Waals surface area contributed by atoms with E-state index in [0.29, 0.717) is 12.3 Å². The van der Waals surface area contributed by atoms with Crippen LogP contribution < -0.4 is 0 Å². The van der Waals surface area contributed by atoms with Crippen molar-refractivity contribution >= 4 is 15.7 Å². The highest BCUT2D eigenvalue weighted by atomic mass is 32.2. The second-order valence-corrected chi connectivity index (χ2v) is 8.32. The van der Waals surface area contributed by atoms with E-state index in [0.717, 1.165) is 26.1 Å². The van der Waals surface area contributed by atoms with Crippen LogP contribution in [0.3, 0.4) is 0 Å². The van der Waals surface area contributed by atoms with Gasteiger partial charge in [-0.2, -0.15) is 0 Å². The summed E-state index contributed by atoms with van der Waals surface area (Å²) >= 11 is 0. The summed E-state index contributed by atoms with van der Waals surface area (Å²) in [6.45, 7) is 2.91. The van der Waals surface area contributed by atoms with Crippen molar-refractivity contribution in [1.82, 2.24) is 9.80 Å². The first-order valence-electron chi connectivity index (χ1n) is 7.01. The number of carbonyl (C=O) groups excluding carboxylic acids is 1. The van der Waals surface area contributed by atoms with Gasteiger partial charge in [-0.05, 0) is 38.8 Å². The highest BCUT2D eigenvalue weighted by Crippen LogP contribution is 2.22. The van der Waals surface area contributed by atoms with Gasteiger partial charge >= 0.3 is 0 Å². The molecule has 0 spiro atoms. The van der Waals surface area contributed by atoms with Gasteiger partial charge in [-0.1, -0.05) is 0 Å². The van der Waals surface area contributed by atoms with Gasteiger partial charge in [0.05, 0.1) is 17.4 Å². The van der Waals surface area contributed by atoms with E-state index in [-0.39, 0.29) is 23.3 Å². The third-order valence-corrected chi connectivity index (χ3v) is 5.98. The molecule has 0 aromatic rings. The quantitative estimate of drug-likeness (QED) is 0.745. The Morgan fingerprint density at radius 2 is 2.11 bits per heavy atom. The summed E-state index contributed by atoms with van der Waals surface area (Å²) in [5.74, 6) is 0.431. The minimum absolute atomic E-state index is 0.00861. The van der Waals surface area contributed by atoms with E-state index in [2.05, 4.69) is 11.9 Å². The summed E-state index contributed by atoms with van der Waals surface area (Å²) in [5.41, 5.74) is 0. The van der Waals surface area contributed by atoms with Crippen LogP contribution in [0.1, 0.15) is 19.3 Å². The molecule has 2 fully saturated rings. The fraction of sp³-hybridized carbons (Fsp3) is 0.923. The minimum atomic E-state index is -2.97. The molecule has 2 saturated heterocycles. The standard InChI is InChI=1S/C13H24N2O3S/c1-14-6-3-4-11(8-14)9-15(2)13(16)12-5-7-19(17,18)10-12/h11-12H,3-10H2,1-2H3. The van der Waals surface area contributed by atoms with Crippen LogP contribution >= 0.6 is 0 Å². The van der Waals surface area contributed by atoms with Gasteiger partial charge in [0.15, 0.2) is 9.84 Å². The van der Waals surface area contributed by atoms with Gasteiger partial charge in [-0.25, -0.2) is 8.42 Å². The Bertz CT molecular complexity index is 435. The maximum Gasteiger partial charge on any atom is 0.226 e. The zero-order valence-corrected chi connectivity index (χ0v) is 12.7. The molecule has 19 heavy (non-hydrogen) atoms. The Kier molecular flexibility index (Phi) is 4.50. The fourth-order valence-electron chi connectivity index (χ4n) is 3.20. The lowest BCUT2D eigenvalue weighted by Gasteiger charge is -2.33. The van der Waals surface area contributed by atoms with E-state index in [1.807, 2.05) is 7.05 Å². The fourth-order valence-corrected chi connectivity index (χ4v) is 4.93. The molecule has 2 unspecified atom stereocenters. The van der Waals surface area contributed by atoms with Gasteiger partial charge in [-0.3, -0.25) is 4.79 Å². The molecule has 2 aliphatic rings. The van der Waals surface area contributed by atoms with Crippen LogP contribution in [-0.2, 0) is 14.6 Å². The number of carbonyl (C=O) groups is 1. The Morgan fingerprint density at radius 1 is 1.37 bits per heavy atom. The molecule has 2 heterocycles. The second-order valence-electron chi connectivity index (χ2n) is 6.09. The molecular formula is C13H24N2O3S. The summed E-state index contributed by atoms with van der Waals surface area (Å²) < 4.78 is 22.8. The number of hydrogen-bond acceptors (Lipinski definition) is 4. The summed E-state index contributed by atoms with van der Waals surface area (Å²) in [5, 5.41) is 0. The first kappa shape index (κ1) is 14.8. The lowest BCUT2D eigenvalue weighted by Crippen LogP contribution is -2.42.